The Morgan fingerprint density at radius 1 is 1.19 bits per heavy atom. The van der Waals surface area contributed by atoms with E-state index in [1.54, 1.807) is 18.2 Å². The summed E-state index contributed by atoms with van der Waals surface area (Å²) < 4.78 is 30.0. The summed E-state index contributed by atoms with van der Waals surface area (Å²) in [5, 5.41) is 6.64. The van der Waals surface area contributed by atoms with Crippen LogP contribution >= 0.6 is 12.2 Å². The summed E-state index contributed by atoms with van der Waals surface area (Å²) in [6.07, 6.45) is 1.16. The molecule has 26 heavy (non-hydrogen) atoms. The highest BCUT2D eigenvalue weighted by molar-refractivity contribution is 7.92. The van der Waals surface area contributed by atoms with Gasteiger partial charge < -0.3 is 15.4 Å². The van der Waals surface area contributed by atoms with Gasteiger partial charge in [0.15, 0.2) is 5.11 Å². The second kappa shape index (κ2) is 8.86. The molecule has 0 aromatic heterocycles. The van der Waals surface area contributed by atoms with E-state index < -0.39 is 10.0 Å². The van der Waals surface area contributed by atoms with Crippen molar-refractivity contribution in [3.05, 3.63) is 54.1 Å². The van der Waals surface area contributed by atoms with Gasteiger partial charge in [0.2, 0.25) is 10.0 Å². The maximum atomic E-state index is 11.7. The van der Waals surface area contributed by atoms with Crippen molar-refractivity contribution in [3.8, 4) is 5.75 Å². The molecule has 140 valence electrons. The van der Waals surface area contributed by atoms with Crippen molar-refractivity contribution >= 4 is 38.7 Å². The molecule has 0 spiro atoms. The quantitative estimate of drug-likeness (QED) is 0.705. The minimum atomic E-state index is -3.31. The number of ether oxygens (including phenoxy) is 1. The Hall–Kier alpha value is -2.32. The van der Waals surface area contributed by atoms with Crippen molar-refractivity contribution in [2.75, 3.05) is 29.5 Å². The molecule has 0 fully saturated rings. The van der Waals surface area contributed by atoms with Gasteiger partial charge in [-0.05, 0) is 55.0 Å². The average Bonchev–Trinajstić information content (AvgIpc) is 2.59. The van der Waals surface area contributed by atoms with E-state index in [-0.39, 0.29) is 0 Å². The van der Waals surface area contributed by atoms with Gasteiger partial charge in [-0.2, -0.15) is 0 Å². The fraction of sp³-hybridized carbons (Fsp3) is 0.278. The number of nitrogens with zero attached hydrogens (tertiary/aromatic N) is 1. The first-order valence-electron chi connectivity index (χ1n) is 8.10. The predicted molar refractivity (Wildman–Crippen MR) is 110 cm³/mol. The molecule has 0 aliphatic carbocycles. The van der Waals surface area contributed by atoms with E-state index in [1.807, 2.05) is 37.3 Å². The maximum Gasteiger partial charge on any atom is 0.231 e. The average molecular weight is 394 g/mol. The Bertz CT molecular complexity index is 869. The molecule has 0 saturated heterocycles. The Morgan fingerprint density at radius 3 is 2.62 bits per heavy atom. The van der Waals surface area contributed by atoms with E-state index in [9.17, 15) is 8.42 Å². The molecular formula is C18H23N3O3S2. The molecule has 0 radical (unpaired) electrons. The van der Waals surface area contributed by atoms with Crippen LogP contribution in [0.3, 0.4) is 0 Å². The molecule has 2 N–H and O–H groups in total. The summed E-state index contributed by atoms with van der Waals surface area (Å²) in [5.41, 5.74) is 2.31. The molecule has 8 heteroatoms. The predicted octanol–water partition coefficient (Wildman–Crippen LogP) is 2.97. The molecule has 0 atom stereocenters. The lowest BCUT2D eigenvalue weighted by molar-refractivity contribution is 0.340. The van der Waals surface area contributed by atoms with Crippen molar-refractivity contribution in [1.82, 2.24) is 5.32 Å². The topological polar surface area (TPSA) is 70.7 Å². The van der Waals surface area contributed by atoms with Crippen LogP contribution in [0.1, 0.15) is 12.5 Å². The minimum Gasteiger partial charge on any atom is -0.494 e. The van der Waals surface area contributed by atoms with E-state index in [4.69, 9.17) is 17.0 Å². The summed E-state index contributed by atoms with van der Waals surface area (Å²) >= 11 is 5.32. The van der Waals surface area contributed by atoms with Gasteiger partial charge in [-0.3, -0.25) is 4.31 Å². The van der Waals surface area contributed by atoms with Gasteiger partial charge in [-0.1, -0.05) is 18.2 Å². The molecule has 0 unspecified atom stereocenters. The fourth-order valence-corrected chi connectivity index (χ4v) is 2.93. The molecule has 0 amide bonds. The third kappa shape index (κ3) is 5.89. The van der Waals surface area contributed by atoms with E-state index in [1.165, 1.54) is 11.4 Å². The van der Waals surface area contributed by atoms with Crippen LogP contribution in [0.4, 0.5) is 11.4 Å². The second-order valence-corrected chi connectivity index (χ2v) is 8.09. The molecular weight excluding hydrogens is 370 g/mol. The largest absolute Gasteiger partial charge is 0.494 e. The van der Waals surface area contributed by atoms with Crippen LogP contribution in [0.25, 0.3) is 0 Å². The van der Waals surface area contributed by atoms with E-state index in [2.05, 4.69) is 10.6 Å². The highest BCUT2D eigenvalue weighted by Crippen LogP contribution is 2.20. The number of hydrogen-bond acceptors (Lipinski definition) is 4. The summed E-state index contributed by atoms with van der Waals surface area (Å²) in [4.78, 5) is 0. The van der Waals surface area contributed by atoms with Gasteiger partial charge in [0.05, 0.1) is 18.6 Å². The second-order valence-electron chi connectivity index (χ2n) is 5.67. The Balaban J connectivity index is 1.97. The summed E-state index contributed by atoms with van der Waals surface area (Å²) in [7, 11) is -1.80. The van der Waals surface area contributed by atoms with Crippen LogP contribution < -0.4 is 19.7 Å². The van der Waals surface area contributed by atoms with Crippen LogP contribution in [0, 0.1) is 0 Å². The lowest BCUT2D eigenvalue weighted by Crippen LogP contribution is -2.28. The number of hydrogen-bond donors (Lipinski definition) is 2. The van der Waals surface area contributed by atoms with Crippen molar-refractivity contribution in [2.24, 2.45) is 0 Å². The Kier molecular flexibility index (Phi) is 6.82. The van der Waals surface area contributed by atoms with Gasteiger partial charge in [0.1, 0.15) is 5.75 Å². The molecule has 2 aromatic rings. The lowest BCUT2D eigenvalue weighted by atomic mass is 10.2. The van der Waals surface area contributed by atoms with Gasteiger partial charge in [0.25, 0.3) is 0 Å². The molecule has 2 aromatic carbocycles. The molecule has 2 rings (SSSR count). The van der Waals surface area contributed by atoms with Crippen LogP contribution in [0.5, 0.6) is 5.75 Å². The summed E-state index contributed by atoms with van der Waals surface area (Å²) in [5.74, 6) is 0.821. The molecule has 0 heterocycles. The van der Waals surface area contributed by atoms with Gasteiger partial charge in [-0.15, -0.1) is 0 Å². The van der Waals surface area contributed by atoms with Gasteiger partial charge in [-0.25, -0.2) is 8.42 Å². The number of benzene rings is 2. The monoisotopic (exact) mass is 393 g/mol. The van der Waals surface area contributed by atoms with Crippen LogP contribution in [0.15, 0.2) is 48.5 Å². The number of nitrogens with one attached hydrogen (secondary N) is 2. The standard InChI is InChI=1S/C18H23N3O3S2/c1-4-24-17-10-5-7-14(11-17)13-19-18(25)20-15-8-6-9-16(12-15)21(2)26(3,22)23/h5-12H,4,13H2,1-3H3,(H2,19,20,25). The third-order valence-corrected chi connectivity index (χ3v) is 5.08. The molecule has 0 aliphatic rings. The highest BCUT2D eigenvalue weighted by Gasteiger charge is 2.12. The van der Waals surface area contributed by atoms with Crippen LogP contribution in [-0.2, 0) is 16.6 Å². The molecule has 0 saturated carbocycles. The van der Waals surface area contributed by atoms with Crippen LogP contribution in [-0.4, -0.2) is 33.4 Å². The zero-order valence-electron chi connectivity index (χ0n) is 15.0. The zero-order chi connectivity index (χ0) is 19.2. The van der Waals surface area contributed by atoms with Crippen LogP contribution in [0.2, 0.25) is 0 Å². The summed E-state index contributed by atoms with van der Waals surface area (Å²) in [6.45, 7) is 3.12. The van der Waals surface area contributed by atoms with Crippen molar-refractivity contribution in [2.45, 2.75) is 13.5 Å². The smallest absolute Gasteiger partial charge is 0.231 e. The highest BCUT2D eigenvalue weighted by atomic mass is 32.2. The lowest BCUT2D eigenvalue weighted by Gasteiger charge is -2.18. The maximum absolute atomic E-state index is 11.7. The van der Waals surface area contributed by atoms with E-state index in [0.29, 0.717) is 29.6 Å². The third-order valence-electron chi connectivity index (χ3n) is 3.63. The fourth-order valence-electron chi connectivity index (χ4n) is 2.24. The number of anilines is 2. The summed E-state index contributed by atoms with van der Waals surface area (Å²) in [6, 6.07) is 14.8. The van der Waals surface area contributed by atoms with Gasteiger partial charge in [0, 0.05) is 19.3 Å². The molecule has 0 aliphatic heterocycles. The number of rotatable bonds is 7. The molecule has 6 nitrogen and oxygen atoms in total. The number of thiocarbonyl (C=S) groups is 1. The van der Waals surface area contributed by atoms with Crippen molar-refractivity contribution in [3.63, 3.8) is 0 Å². The zero-order valence-corrected chi connectivity index (χ0v) is 16.7. The Labute approximate surface area is 160 Å². The molecule has 0 bridgehead atoms. The normalized spacial score (nSPS) is 10.9. The van der Waals surface area contributed by atoms with Gasteiger partial charge >= 0.3 is 0 Å². The minimum absolute atomic E-state index is 0.450. The van der Waals surface area contributed by atoms with E-state index in [0.717, 1.165) is 17.6 Å². The Morgan fingerprint density at radius 2 is 1.92 bits per heavy atom. The first-order valence-corrected chi connectivity index (χ1v) is 10.4. The van der Waals surface area contributed by atoms with Crippen molar-refractivity contribution < 1.29 is 13.2 Å². The number of sulfonamides is 1. The SMILES string of the molecule is CCOc1cccc(CNC(=S)Nc2cccc(N(C)S(C)(=O)=O)c2)c1. The first-order chi connectivity index (χ1) is 12.3. The first kappa shape index (κ1) is 20.0. The van der Waals surface area contributed by atoms with Crippen molar-refractivity contribution in [1.29, 1.82) is 0 Å². The van der Waals surface area contributed by atoms with E-state index >= 15 is 0 Å².